The minimum atomic E-state index is -1.84. The standard InChI is InChI=1S/C50H68N14O15/c1-26(66)41(53)48(77)64-37(25-65)47(76)62-35(23-39(52)69)46(75)60-32(19-27-9-4-2-5-10-27)44(73)61-34(22-38(51)68)42(71)57-24-40(70)58-31(13-8-18-56-50(54)55)43(72)59-33(20-28-11-6-3-7-12-28)45(74)63-36(49(78)79)21-29-14-16-30(67)17-15-29/h2-7,9-12,14-17,26,31-37,41,65-67H,8,13,18-25,53H2,1H3,(H2,51,68)(H2,52,69)(H,57,71)(H,58,70)(H,59,72)(H,60,75)(H,61,73)(H,62,76)(H,63,74)(H,64,77)(H,78,79)(H4,54,55,56)/t26-,31+,32+,33+,34+,35+,36+,37+,41+/m1/s1. The summed E-state index contributed by atoms with van der Waals surface area (Å²) in [6.45, 7) is -0.754. The molecule has 0 radical (unpaired) electrons. The van der Waals surface area contributed by atoms with Gasteiger partial charge in [0.2, 0.25) is 59.1 Å². The first-order valence-electron chi connectivity index (χ1n) is 24.5. The minimum Gasteiger partial charge on any atom is -0.508 e. The van der Waals surface area contributed by atoms with Crippen LogP contribution in [0.5, 0.6) is 5.75 Å². The van der Waals surface area contributed by atoms with Crippen molar-refractivity contribution in [2.24, 2.45) is 33.7 Å². The van der Waals surface area contributed by atoms with Gasteiger partial charge < -0.3 is 91.6 Å². The number of aliphatic hydroxyl groups is 2. The van der Waals surface area contributed by atoms with Gasteiger partial charge in [-0.1, -0.05) is 72.8 Å². The number of nitrogens with two attached hydrogens (primary N) is 5. The highest BCUT2D eigenvalue weighted by Crippen LogP contribution is 2.13. The van der Waals surface area contributed by atoms with Crippen molar-refractivity contribution in [2.45, 2.75) is 106 Å². The van der Waals surface area contributed by atoms with E-state index in [0.717, 1.165) is 0 Å². The summed E-state index contributed by atoms with van der Waals surface area (Å²) in [5.41, 5.74) is 28.8. The number of carbonyl (C=O) groups excluding carboxylic acids is 10. The normalized spacial score (nSPS) is 14.2. The number of phenols is 1. The molecule has 0 aromatic heterocycles. The van der Waals surface area contributed by atoms with Crippen molar-refractivity contribution < 1.29 is 73.2 Å². The van der Waals surface area contributed by atoms with Crippen molar-refractivity contribution in [3.05, 3.63) is 102 Å². The summed E-state index contributed by atoms with van der Waals surface area (Å²) in [5.74, 6) is -12.5. The summed E-state index contributed by atoms with van der Waals surface area (Å²) < 4.78 is 0. The SMILES string of the molecule is C[C@@H](O)[C@H](N)C(=O)N[C@@H](CO)C(=O)N[C@@H](CC(N)=O)C(=O)N[C@@H](Cc1ccccc1)C(=O)N[C@@H](CC(N)=O)C(=O)NCC(=O)N[C@@H](CCCN=C(N)N)C(=O)N[C@@H](Cc1ccccc1)C(=O)N[C@@H](Cc1ccc(O)cc1)C(=O)O. The number of phenolic OH excluding ortho intramolecular Hbond substituents is 1. The molecule has 0 aliphatic carbocycles. The summed E-state index contributed by atoms with van der Waals surface area (Å²) >= 11 is 0. The molecule has 0 unspecified atom stereocenters. The van der Waals surface area contributed by atoms with E-state index >= 15 is 0 Å². The second-order valence-electron chi connectivity index (χ2n) is 18.0. The second-order valence-corrected chi connectivity index (χ2v) is 18.0. The van der Waals surface area contributed by atoms with Crippen molar-refractivity contribution >= 4 is 71.0 Å². The first-order chi connectivity index (χ1) is 37.4. The maximum Gasteiger partial charge on any atom is 0.326 e. The third-order valence-electron chi connectivity index (χ3n) is 11.6. The van der Waals surface area contributed by atoms with Crippen molar-refractivity contribution in [3.63, 3.8) is 0 Å². The number of benzene rings is 3. The van der Waals surface area contributed by atoms with Crippen LogP contribution in [-0.2, 0) is 72.0 Å². The smallest absolute Gasteiger partial charge is 0.326 e. The third-order valence-corrected chi connectivity index (χ3v) is 11.6. The Kier molecular flexibility index (Phi) is 26.3. The highest BCUT2D eigenvalue weighted by atomic mass is 16.4. The molecule has 0 aliphatic heterocycles. The van der Waals surface area contributed by atoms with Gasteiger partial charge in [0.15, 0.2) is 5.96 Å². The lowest BCUT2D eigenvalue weighted by Crippen LogP contribution is -2.61. The van der Waals surface area contributed by atoms with Crippen molar-refractivity contribution in [1.29, 1.82) is 0 Å². The maximum atomic E-state index is 14.1. The predicted molar refractivity (Wildman–Crippen MR) is 281 cm³/mol. The number of aromatic hydroxyl groups is 1. The van der Waals surface area contributed by atoms with Crippen LogP contribution < -0.4 is 71.2 Å². The van der Waals surface area contributed by atoms with Gasteiger partial charge in [0.1, 0.15) is 54.1 Å². The average molecular weight is 1110 g/mol. The summed E-state index contributed by atoms with van der Waals surface area (Å²) in [6.07, 6.45) is -3.82. The van der Waals surface area contributed by atoms with Gasteiger partial charge in [-0.2, -0.15) is 0 Å². The number of hydrogen-bond donors (Lipinski definition) is 17. The molecule has 0 saturated carbocycles. The van der Waals surface area contributed by atoms with E-state index in [9.17, 15) is 73.2 Å². The van der Waals surface area contributed by atoms with Crippen LogP contribution in [0.15, 0.2) is 89.9 Å². The fourth-order valence-electron chi connectivity index (χ4n) is 7.36. The molecule has 0 fully saturated rings. The van der Waals surface area contributed by atoms with Crippen molar-refractivity contribution in [2.75, 3.05) is 19.7 Å². The highest BCUT2D eigenvalue weighted by molar-refractivity contribution is 5.99. The van der Waals surface area contributed by atoms with Gasteiger partial charge in [-0.15, -0.1) is 0 Å². The Balaban J connectivity index is 1.84. The molecule has 29 nitrogen and oxygen atoms in total. The Morgan fingerprint density at radius 1 is 0.519 bits per heavy atom. The first kappa shape index (κ1) is 64.1. The summed E-state index contributed by atoms with van der Waals surface area (Å²) in [5, 5.41) is 57.9. The van der Waals surface area contributed by atoms with E-state index < -0.39 is 145 Å². The molecule has 3 aromatic carbocycles. The number of hydrogen-bond acceptors (Lipinski definition) is 16. The monoisotopic (exact) mass is 1100 g/mol. The van der Waals surface area contributed by atoms with Gasteiger partial charge in [0.05, 0.1) is 32.1 Å². The molecule has 79 heavy (non-hydrogen) atoms. The Bertz CT molecular complexity index is 2620. The number of carboxylic acid groups (broad SMARTS) is 1. The van der Waals surface area contributed by atoms with Gasteiger partial charge in [-0.3, -0.25) is 52.9 Å². The molecular weight excluding hydrogens is 1040 g/mol. The van der Waals surface area contributed by atoms with E-state index in [1.54, 1.807) is 60.7 Å². The van der Waals surface area contributed by atoms with Crippen molar-refractivity contribution in [3.8, 4) is 5.75 Å². The number of rotatable bonds is 33. The summed E-state index contributed by atoms with van der Waals surface area (Å²) in [6, 6.07) is 9.04. The van der Waals surface area contributed by atoms with Crippen LogP contribution in [0.3, 0.4) is 0 Å². The topological polar surface area (TPSA) is 507 Å². The highest BCUT2D eigenvalue weighted by Gasteiger charge is 2.35. The van der Waals surface area contributed by atoms with E-state index in [-0.39, 0.29) is 50.4 Å². The Hall–Kier alpha value is -9.22. The molecular formula is C50H68N14O15. The second kappa shape index (κ2) is 32.4. The molecule has 0 aliphatic rings. The Morgan fingerprint density at radius 2 is 0.924 bits per heavy atom. The van der Waals surface area contributed by atoms with Crippen LogP contribution in [0.4, 0.5) is 0 Å². The average Bonchev–Trinajstić information content (AvgIpc) is 3.39. The van der Waals surface area contributed by atoms with Crippen LogP contribution >= 0.6 is 0 Å². The quantitative estimate of drug-likeness (QED) is 0.0153. The number of nitrogens with zero attached hydrogens (tertiary/aromatic N) is 1. The van der Waals surface area contributed by atoms with Crippen LogP contribution in [0.2, 0.25) is 0 Å². The van der Waals surface area contributed by atoms with E-state index in [1.807, 2.05) is 0 Å². The Morgan fingerprint density at radius 3 is 1.38 bits per heavy atom. The number of carbonyl (C=O) groups is 11. The number of aliphatic imine (C=N–C) groups is 1. The molecule has 0 saturated heterocycles. The number of aliphatic hydroxyl groups excluding tert-OH is 2. The number of carboxylic acids is 1. The zero-order chi connectivity index (χ0) is 58.8. The summed E-state index contributed by atoms with van der Waals surface area (Å²) in [4.78, 5) is 149. The molecule has 22 N–H and O–H groups in total. The minimum absolute atomic E-state index is 0.0180. The molecule has 3 rings (SSSR count). The summed E-state index contributed by atoms with van der Waals surface area (Å²) in [7, 11) is 0. The number of aliphatic carboxylic acids is 1. The van der Waals surface area contributed by atoms with E-state index in [1.165, 1.54) is 31.2 Å². The fourth-order valence-corrected chi connectivity index (χ4v) is 7.36. The lowest BCUT2D eigenvalue weighted by atomic mass is 10.0. The molecule has 0 spiro atoms. The van der Waals surface area contributed by atoms with Crippen LogP contribution in [0.25, 0.3) is 0 Å². The lowest BCUT2D eigenvalue weighted by Gasteiger charge is -2.26. The maximum absolute atomic E-state index is 14.1. The zero-order valence-corrected chi connectivity index (χ0v) is 43.0. The molecule has 9 atom stereocenters. The predicted octanol–water partition coefficient (Wildman–Crippen LogP) is -6.48. The molecule has 10 amide bonds. The number of amides is 10. The fraction of sp³-hybridized carbons (Fsp3) is 0.400. The van der Waals surface area contributed by atoms with Crippen LogP contribution in [0.1, 0.15) is 49.3 Å². The van der Waals surface area contributed by atoms with E-state index in [0.29, 0.717) is 16.7 Å². The van der Waals surface area contributed by atoms with Crippen LogP contribution in [-0.4, -0.2) is 166 Å². The third kappa shape index (κ3) is 23.3. The molecule has 0 bridgehead atoms. The molecule has 428 valence electrons. The number of nitrogens with one attached hydrogen (secondary N) is 8. The molecule has 29 heteroatoms. The van der Waals surface area contributed by atoms with Crippen molar-refractivity contribution in [1.82, 2.24) is 42.5 Å². The largest absolute Gasteiger partial charge is 0.508 e. The van der Waals surface area contributed by atoms with E-state index in [2.05, 4.69) is 47.5 Å². The van der Waals surface area contributed by atoms with Gasteiger partial charge >= 0.3 is 5.97 Å². The van der Waals surface area contributed by atoms with Crippen LogP contribution in [0, 0.1) is 0 Å². The van der Waals surface area contributed by atoms with Gasteiger partial charge in [-0.05, 0) is 48.6 Å². The zero-order valence-electron chi connectivity index (χ0n) is 43.0. The first-order valence-corrected chi connectivity index (χ1v) is 24.5. The molecule has 0 heterocycles. The van der Waals surface area contributed by atoms with Gasteiger partial charge in [0, 0.05) is 25.8 Å². The van der Waals surface area contributed by atoms with E-state index in [4.69, 9.17) is 28.7 Å². The number of primary amides is 2. The Labute approximate surface area is 452 Å². The lowest BCUT2D eigenvalue weighted by molar-refractivity contribution is -0.142. The van der Waals surface area contributed by atoms with Gasteiger partial charge in [0.25, 0.3) is 0 Å². The molecule has 3 aromatic rings. The number of guanidine groups is 1. The van der Waals surface area contributed by atoms with Gasteiger partial charge in [-0.25, -0.2) is 4.79 Å².